The first kappa shape index (κ1) is 29.9. The number of para-hydroxylation sites is 1. The molecule has 4 aromatic rings. The monoisotopic (exact) mass is 688 g/mol. The molecule has 2 bridgehead atoms. The molecule has 2 aliphatic carbocycles. The lowest BCUT2D eigenvalue weighted by atomic mass is 9.68. The van der Waals surface area contributed by atoms with Crippen molar-refractivity contribution in [3.8, 4) is 5.75 Å². The quantitative estimate of drug-likeness (QED) is 0.143. The molecule has 238 valence electrons. The van der Waals surface area contributed by atoms with E-state index in [2.05, 4.69) is 10.3 Å². The third kappa shape index (κ3) is 4.86. The van der Waals surface area contributed by atoms with Gasteiger partial charge in [0.2, 0.25) is 11.8 Å². The molecule has 4 aliphatic rings. The maximum atomic E-state index is 14.0. The average molecular weight is 689 g/mol. The number of carbonyl (C=O) groups is 3. The van der Waals surface area contributed by atoms with Gasteiger partial charge in [0.15, 0.2) is 6.61 Å². The SMILES string of the molecule is O=C(COc1ccc(Cl)cc1[C@H]1c2sc(=O)[nH]c2SC2C3CC(C4C(=O)N(c5ccc([N+](=O)[O-])cc5)C(=O)C34)C21)Nc1ccccc1. The first-order valence-electron chi connectivity index (χ1n) is 15.0. The third-order valence-corrected chi connectivity index (χ3v) is 12.6. The molecule has 2 N–H and O–H groups in total. The Balaban J connectivity index is 1.14. The second kappa shape index (κ2) is 11.4. The number of halogens is 1. The molecule has 2 aliphatic heterocycles. The fourth-order valence-electron chi connectivity index (χ4n) is 8.10. The molecule has 14 heteroatoms. The Morgan fingerprint density at radius 3 is 2.47 bits per heavy atom. The van der Waals surface area contributed by atoms with Crippen molar-refractivity contribution in [2.24, 2.45) is 29.6 Å². The highest BCUT2D eigenvalue weighted by Gasteiger charge is 2.70. The summed E-state index contributed by atoms with van der Waals surface area (Å²) in [5.74, 6) is -2.40. The van der Waals surface area contributed by atoms with Crippen LogP contribution in [0.4, 0.5) is 17.1 Å². The molecule has 8 rings (SSSR count). The van der Waals surface area contributed by atoms with Gasteiger partial charge in [0, 0.05) is 44.5 Å². The van der Waals surface area contributed by atoms with Gasteiger partial charge in [-0.15, -0.1) is 11.8 Å². The maximum Gasteiger partial charge on any atom is 0.305 e. The number of amides is 3. The van der Waals surface area contributed by atoms with Gasteiger partial charge in [-0.3, -0.25) is 34.2 Å². The normalized spacial score (nSPS) is 26.9. The minimum absolute atomic E-state index is 0.0780. The number of nitrogens with one attached hydrogen (secondary N) is 2. The zero-order valence-corrected chi connectivity index (χ0v) is 26.7. The molecule has 47 heavy (non-hydrogen) atoms. The van der Waals surface area contributed by atoms with E-state index in [9.17, 15) is 29.3 Å². The second-order valence-corrected chi connectivity index (χ2v) is 14.8. The number of nitrogens with zero attached hydrogens (tertiary/aromatic N) is 2. The molecule has 6 unspecified atom stereocenters. The number of thioether (sulfide) groups is 1. The van der Waals surface area contributed by atoms with E-state index in [4.69, 9.17) is 16.3 Å². The zero-order chi connectivity index (χ0) is 32.6. The van der Waals surface area contributed by atoms with E-state index in [0.717, 1.165) is 21.2 Å². The van der Waals surface area contributed by atoms with Crippen molar-refractivity contribution in [3.05, 3.63) is 108 Å². The molecule has 3 heterocycles. The summed E-state index contributed by atoms with van der Waals surface area (Å²) in [4.78, 5) is 68.9. The van der Waals surface area contributed by atoms with E-state index in [0.29, 0.717) is 34.1 Å². The number of aromatic amines is 1. The molecular formula is C33H25ClN4O7S2. The van der Waals surface area contributed by atoms with Gasteiger partial charge in [-0.2, -0.15) is 0 Å². The van der Waals surface area contributed by atoms with Gasteiger partial charge >= 0.3 is 4.87 Å². The van der Waals surface area contributed by atoms with Gasteiger partial charge < -0.3 is 15.0 Å². The summed E-state index contributed by atoms with van der Waals surface area (Å²) in [5, 5.41) is 15.1. The summed E-state index contributed by atoms with van der Waals surface area (Å²) in [5.41, 5.74) is 1.54. The van der Waals surface area contributed by atoms with Gasteiger partial charge in [-0.25, -0.2) is 0 Å². The third-order valence-electron chi connectivity index (χ3n) is 9.77. The number of rotatable bonds is 7. The van der Waals surface area contributed by atoms with Crippen LogP contribution in [0.25, 0.3) is 0 Å². The Hall–Kier alpha value is -4.46. The van der Waals surface area contributed by atoms with Crippen molar-refractivity contribution in [2.45, 2.75) is 22.6 Å². The van der Waals surface area contributed by atoms with Crippen LogP contribution in [0, 0.1) is 39.7 Å². The molecular weight excluding hydrogens is 664 g/mol. The van der Waals surface area contributed by atoms with Crippen LogP contribution in [0.5, 0.6) is 5.75 Å². The van der Waals surface area contributed by atoms with Crippen LogP contribution in [0.15, 0.2) is 82.6 Å². The summed E-state index contributed by atoms with van der Waals surface area (Å²) in [6, 6.07) is 19.7. The number of aromatic nitrogens is 1. The first-order chi connectivity index (χ1) is 22.7. The Labute approximate surface area is 280 Å². The lowest BCUT2D eigenvalue weighted by Crippen LogP contribution is -2.42. The van der Waals surface area contributed by atoms with Gasteiger partial charge in [0.1, 0.15) is 5.75 Å². The van der Waals surface area contributed by atoms with Gasteiger partial charge in [0.05, 0.1) is 27.5 Å². The number of hydrogen-bond donors (Lipinski definition) is 2. The number of H-pyrrole nitrogens is 1. The van der Waals surface area contributed by atoms with Crippen molar-refractivity contribution in [3.63, 3.8) is 0 Å². The number of nitro benzene ring substituents is 1. The van der Waals surface area contributed by atoms with E-state index >= 15 is 0 Å². The number of imide groups is 1. The molecule has 0 radical (unpaired) electrons. The molecule has 7 atom stereocenters. The summed E-state index contributed by atoms with van der Waals surface area (Å²) in [6.45, 7) is -0.261. The van der Waals surface area contributed by atoms with E-state index < -0.39 is 16.8 Å². The maximum absolute atomic E-state index is 14.0. The van der Waals surface area contributed by atoms with Crippen LogP contribution in [0.1, 0.15) is 22.8 Å². The Morgan fingerprint density at radius 1 is 1.02 bits per heavy atom. The molecule has 3 fully saturated rings. The Morgan fingerprint density at radius 2 is 1.74 bits per heavy atom. The summed E-state index contributed by atoms with van der Waals surface area (Å²) >= 11 is 9.22. The highest BCUT2D eigenvalue weighted by Crippen LogP contribution is 2.69. The van der Waals surface area contributed by atoms with Gasteiger partial charge in [-0.05, 0) is 66.6 Å². The van der Waals surface area contributed by atoms with Gasteiger partial charge in [0.25, 0.3) is 11.6 Å². The van der Waals surface area contributed by atoms with E-state index in [-0.39, 0.29) is 63.8 Å². The van der Waals surface area contributed by atoms with Crippen LogP contribution >= 0.6 is 34.7 Å². The molecule has 0 spiro atoms. The predicted octanol–water partition coefficient (Wildman–Crippen LogP) is 5.69. The Kier molecular flexibility index (Phi) is 7.23. The number of ether oxygens (including phenoxy) is 1. The first-order valence-corrected chi connectivity index (χ1v) is 17.1. The number of non-ortho nitro benzene ring substituents is 1. The molecule has 3 amide bonds. The van der Waals surface area contributed by atoms with Crippen molar-refractivity contribution in [2.75, 3.05) is 16.8 Å². The molecule has 2 saturated carbocycles. The number of thiazole rings is 1. The van der Waals surface area contributed by atoms with Crippen molar-refractivity contribution in [1.82, 2.24) is 4.98 Å². The molecule has 1 saturated heterocycles. The largest absolute Gasteiger partial charge is 0.483 e. The number of hydrogen-bond acceptors (Lipinski definition) is 9. The predicted molar refractivity (Wildman–Crippen MR) is 176 cm³/mol. The van der Waals surface area contributed by atoms with Crippen LogP contribution < -0.4 is 19.8 Å². The minimum atomic E-state index is -0.565. The number of nitro groups is 1. The smallest absolute Gasteiger partial charge is 0.305 e. The Bertz CT molecular complexity index is 2020. The van der Waals surface area contributed by atoms with Crippen molar-refractivity contribution < 1.29 is 24.0 Å². The van der Waals surface area contributed by atoms with E-state index in [1.54, 1.807) is 42.1 Å². The van der Waals surface area contributed by atoms with Crippen LogP contribution in [-0.2, 0) is 14.4 Å². The number of carbonyl (C=O) groups excluding carboxylic acids is 3. The molecule has 11 nitrogen and oxygen atoms in total. The van der Waals surface area contributed by atoms with Crippen molar-refractivity contribution in [1.29, 1.82) is 0 Å². The van der Waals surface area contributed by atoms with E-state index in [1.807, 2.05) is 18.2 Å². The fourth-order valence-corrected chi connectivity index (χ4v) is 11.2. The zero-order valence-electron chi connectivity index (χ0n) is 24.3. The van der Waals surface area contributed by atoms with Gasteiger partial charge in [-0.1, -0.05) is 41.1 Å². The van der Waals surface area contributed by atoms with Crippen LogP contribution in [0.3, 0.4) is 0 Å². The van der Waals surface area contributed by atoms with Crippen molar-refractivity contribution >= 4 is 69.5 Å². The standard InChI is InChI=1S/C33H25ClN4O7S2/c34-15-6-11-22(45-14-23(39)35-16-4-2-1-3-5-16)19(12-15)24-25-20-13-21(28(25)46-30-29(24)47-33(42)36-30)27-26(20)31(40)37(32(27)41)17-7-9-18(10-8-17)38(43)44/h1-12,20-21,24-28H,13-14H2,(H,35,39)(H,36,42)/t20?,21?,24-,25?,26?,27?,28?/m1/s1. The molecule has 1 aromatic heterocycles. The summed E-state index contributed by atoms with van der Waals surface area (Å²) in [6.07, 6.45) is 0.676. The summed E-state index contributed by atoms with van der Waals surface area (Å²) < 4.78 is 6.12. The van der Waals surface area contributed by atoms with Crippen LogP contribution in [-0.4, -0.2) is 39.5 Å². The highest BCUT2D eigenvalue weighted by molar-refractivity contribution is 8.00. The fraction of sp³-hybridized carbons (Fsp3) is 0.273. The lowest BCUT2D eigenvalue weighted by Gasteiger charge is -2.43. The van der Waals surface area contributed by atoms with Crippen LogP contribution in [0.2, 0.25) is 5.02 Å². The highest BCUT2D eigenvalue weighted by atomic mass is 35.5. The number of benzene rings is 3. The van der Waals surface area contributed by atoms with E-state index in [1.165, 1.54) is 29.2 Å². The topological polar surface area (TPSA) is 152 Å². The minimum Gasteiger partial charge on any atom is -0.483 e. The molecule has 3 aromatic carbocycles. The lowest BCUT2D eigenvalue weighted by molar-refractivity contribution is -0.384. The number of anilines is 2. The summed E-state index contributed by atoms with van der Waals surface area (Å²) in [7, 11) is 0. The second-order valence-electron chi connectivity index (χ2n) is 12.1. The number of fused-ring (bicyclic) bond motifs is 9. The average Bonchev–Trinajstić information content (AvgIpc) is 3.79.